The maximum atomic E-state index is 13.4. The Morgan fingerprint density at radius 2 is 2.07 bits per heavy atom. The second-order valence-corrected chi connectivity index (χ2v) is 4.24. The van der Waals surface area contributed by atoms with Gasteiger partial charge in [0.1, 0.15) is 5.82 Å². The van der Waals surface area contributed by atoms with Crippen molar-refractivity contribution in [2.75, 3.05) is 17.6 Å². The Labute approximate surface area is 89.7 Å². The lowest BCUT2D eigenvalue weighted by atomic mass is 10.1. The van der Waals surface area contributed by atoms with Gasteiger partial charge in [-0.2, -0.15) is 0 Å². The SMILES string of the molecule is Nc1cccc(F)c1NCC1CCCC1. The van der Waals surface area contributed by atoms with Crippen LogP contribution in [0.1, 0.15) is 25.7 Å². The predicted molar refractivity (Wildman–Crippen MR) is 61.3 cm³/mol. The Bertz CT molecular complexity index is 312. The fourth-order valence-corrected chi connectivity index (χ4v) is 2.19. The van der Waals surface area contributed by atoms with Crippen LogP contribution in [0.3, 0.4) is 0 Å². The molecule has 0 bridgehead atoms. The van der Waals surface area contributed by atoms with E-state index in [0.29, 0.717) is 17.3 Å². The van der Waals surface area contributed by atoms with Crippen molar-refractivity contribution in [2.45, 2.75) is 25.7 Å². The molecule has 0 heterocycles. The number of benzene rings is 1. The molecule has 1 fully saturated rings. The highest BCUT2D eigenvalue weighted by Gasteiger charge is 2.15. The molecule has 3 N–H and O–H groups in total. The quantitative estimate of drug-likeness (QED) is 0.749. The zero-order valence-electron chi connectivity index (χ0n) is 8.80. The van der Waals surface area contributed by atoms with Gasteiger partial charge in [-0.05, 0) is 30.9 Å². The molecule has 1 aromatic rings. The van der Waals surface area contributed by atoms with Crippen LogP contribution in [0, 0.1) is 11.7 Å². The van der Waals surface area contributed by atoms with Crippen molar-refractivity contribution in [3.05, 3.63) is 24.0 Å². The van der Waals surface area contributed by atoms with E-state index in [0.717, 1.165) is 6.54 Å². The lowest BCUT2D eigenvalue weighted by molar-refractivity contribution is 0.574. The van der Waals surface area contributed by atoms with Crippen LogP contribution in [0.15, 0.2) is 18.2 Å². The minimum absolute atomic E-state index is 0.256. The maximum absolute atomic E-state index is 13.4. The first-order valence-electron chi connectivity index (χ1n) is 5.55. The van der Waals surface area contributed by atoms with Crippen molar-refractivity contribution in [1.29, 1.82) is 0 Å². The van der Waals surface area contributed by atoms with E-state index in [2.05, 4.69) is 5.32 Å². The van der Waals surface area contributed by atoms with E-state index in [9.17, 15) is 4.39 Å². The topological polar surface area (TPSA) is 38.0 Å². The van der Waals surface area contributed by atoms with Gasteiger partial charge in [0.25, 0.3) is 0 Å². The van der Waals surface area contributed by atoms with Crippen LogP contribution >= 0.6 is 0 Å². The third-order valence-electron chi connectivity index (χ3n) is 3.09. The molecule has 0 aliphatic heterocycles. The van der Waals surface area contributed by atoms with Crippen LogP contribution in [0.25, 0.3) is 0 Å². The lowest BCUT2D eigenvalue weighted by Gasteiger charge is -2.13. The van der Waals surface area contributed by atoms with Crippen molar-refractivity contribution < 1.29 is 4.39 Å². The highest BCUT2D eigenvalue weighted by Crippen LogP contribution is 2.27. The summed E-state index contributed by atoms with van der Waals surface area (Å²) in [5.41, 5.74) is 6.66. The molecule has 0 atom stereocenters. The number of anilines is 2. The number of nitrogens with two attached hydrogens (primary N) is 1. The number of nitrogen functional groups attached to an aromatic ring is 1. The van der Waals surface area contributed by atoms with Crippen LogP contribution in [0.2, 0.25) is 0 Å². The first-order chi connectivity index (χ1) is 7.27. The number of halogens is 1. The van der Waals surface area contributed by atoms with Gasteiger partial charge in [-0.3, -0.25) is 0 Å². The fraction of sp³-hybridized carbons (Fsp3) is 0.500. The van der Waals surface area contributed by atoms with Crippen molar-refractivity contribution >= 4 is 11.4 Å². The maximum Gasteiger partial charge on any atom is 0.148 e. The average molecular weight is 208 g/mol. The van der Waals surface area contributed by atoms with Crippen LogP contribution in [-0.4, -0.2) is 6.54 Å². The molecule has 82 valence electrons. The largest absolute Gasteiger partial charge is 0.397 e. The minimum atomic E-state index is -0.256. The van der Waals surface area contributed by atoms with Crippen molar-refractivity contribution in [2.24, 2.45) is 5.92 Å². The van der Waals surface area contributed by atoms with Gasteiger partial charge in [-0.15, -0.1) is 0 Å². The molecule has 0 saturated heterocycles. The van der Waals surface area contributed by atoms with E-state index in [1.54, 1.807) is 12.1 Å². The Kier molecular flexibility index (Phi) is 3.09. The summed E-state index contributed by atoms with van der Waals surface area (Å²) in [6.07, 6.45) is 5.11. The molecule has 0 radical (unpaired) electrons. The predicted octanol–water partition coefficient (Wildman–Crippen LogP) is 3.01. The molecule has 0 amide bonds. The molecular formula is C12H17FN2. The second-order valence-electron chi connectivity index (χ2n) is 4.24. The highest BCUT2D eigenvalue weighted by atomic mass is 19.1. The van der Waals surface area contributed by atoms with Gasteiger partial charge in [0.2, 0.25) is 0 Å². The molecule has 2 nitrogen and oxygen atoms in total. The molecular weight excluding hydrogens is 191 g/mol. The molecule has 0 aromatic heterocycles. The Balaban J connectivity index is 1.97. The number of rotatable bonds is 3. The van der Waals surface area contributed by atoms with Gasteiger partial charge < -0.3 is 11.1 Å². The molecule has 0 unspecified atom stereocenters. The Morgan fingerprint density at radius 1 is 1.33 bits per heavy atom. The summed E-state index contributed by atoms with van der Waals surface area (Å²) in [4.78, 5) is 0. The zero-order valence-corrected chi connectivity index (χ0v) is 8.80. The van der Waals surface area contributed by atoms with E-state index >= 15 is 0 Å². The number of hydrogen-bond acceptors (Lipinski definition) is 2. The Hall–Kier alpha value is -1.25. The minimum Gasteiger partial charge on any atom is -0.397 e. The van der Waals surface area contributed by atoms with Gasteiger partial charge in [-0.25, -0.2) is 4.39 Å². The highest BCUT2D eigenvalue weighted by molar-refractivity contribution is 5.66. The molecule has 1 aliphatic rings. The van der Waals surface area contributed by atoms with Crippen LogP contribution in [0.5, 0.6) is 0 Å². The fourth-order valence-electron chi connectivity index (χ4n) is 2.19. The summed E-state index contributed by atoms with van der Waals surface area (Å²) in [5, 5.41) is 3.12. The van der Waals surface area contributed by atoms with E-state index in [1.165, 1.54) is 31.7 Å². The molecule has 1 aliphatic carbocycles. The Morgan fingerprint density at radius 3 is 2.73 bits per heavy atom. The summed E-state index contributed by atoms with van der Waals surface area (Å²) in [7, 11) is 0. The normalized spacial score (nSPS) is 16.9. The molecule has 0 spiro atoms. The van der Waals surface area contributed by atoms with E-state index in [4.69, 9.17) is 5.73 Å². The summed E-state index contributed by atoms with van der Waals surface area (Å²) in [6, 6.07) is 4.79. The molecule has 3 heteroatoms. The lowest BCUT2D eigenvalue weighted by Crippen LogP contribution is -2.13. The van der Waals surface area contributed by atoms with Crippen molar-refractivity contribution in [3.8, 4) is 0 Å². The van der Waals surface area contributed by atoms with Crippen LogP contribution in [-0.2, 0) is 0 Å². The van der Waals surface area contributed by atoms with Gasteiger partial charge in [0, 0.05) is 6.54 Å². The van der Waals surface area contributed by atoms with Crippen LogP contribution in [0.4, 0.5) is 15.8 Å². The zero-order chi connectivity index (χ0) is 10.7. The first kappa shape index (κ1) is 10.3. The van der Waals surface area contributed by atoms with Gasteiger partial charge in [-0.1, -0.05) is 18.9 Å². The number of para-hydroxylation sites is 1. The standard InChI is InChI=1S/C12H17FN2/c13-10-6-3-7-11(14)12(10)15-8-9-4-1-2-5-9/h3,6-7,9,15H,1-2,4-5,8,14H2. The third-order valence-corrected chi connectivity index (χ3v) is 3.09. The van der Waals surface area contributed by atoms with Gasteiger partial charge in [0.15, 0.2) is 0 Å². The monoisotopic (exact) mass is 208 g/mol. The van der Waals surface area contributed by atoms with E-state index in [-0.39, 0.29) is 5.82 Å². The number of hydrogen-bond donors (Lipinski definition) is 2. The third kappa shape index (κ3) is 2.41. The van der Waals surface area contributed by atoms with Crippen molar-refractivity contribution in [1.82, 2.24) is 0 Å². The summed E-state index contributed by atoms with van der Waals surface area (Å²) >= 11 is 0. The van der Waals surface area contributed by atoms with E-state index < -0.39 is 0 Å². The molecule has 1 aromatic carbocycles. The summed E-state index contributed by atoms with van der Waals surface area (Å²) < 4.78 is 13.4. The second kappa shape index (κ2) is 4.51. The number of nitrogens with one attached hydrogen (secondary N) is 1. The smallest absolute Gasteiger partial charge is 0.148 e. The first-order valence-corrected chi connectivity index (χ1v) is 5.55. The molecule has 2 rings (SSSR count). The summed E-state index contributed by atoms with van der Waals surface area (Å²) in [5.74, 6) is 0.428. The van der Waals surface area contributed by atoms with Crippen LogP contribution < -0.4 is 11.1 Å². The molecule has 1 saturated carbocycles. The molecule has 15 heavy (non-hydrogen) atoms. The van der Waals surface area contributed by atoms with E-state index in [1.807, 2.05) is 0 Å². The average Bonchev–Trinajstić information content (AvgIpc) is 2.70. The summed E-state index contributed by atoms with van der Waals surface area (Å²) in [6.45, 7) is 0.838. The van der Waals surface area contributed by atoms with Crippen molar-refractivity contribution in [3.63, 3.8) is 0 Å². The van der Waals surface area contributed by atoms with Gasteiger partial charge in [0.05, 0.1) is 11.4 Å². The van der Waals surface area contributed by atoms with Gasteiger partial charge >= 0.3 is 0 Å².